The number of rotatable bonds is 5. The first-order chi connectivity index (χ1) is 13.7. The van der Waals surface area contributed by atoms with Gasteiger partial charge in [0.25, 0.3) is 11.5 Å². The second kappa shape index (κ2) is 7.60. The number of aromatic nitrogens is 3. The SMILES string of the molecule is CC[C@H](Cn1ncc2ccccc2c1=O)NC(=O)c1nccc2ccccc12. The molecule has 1 atom stereocenters. The highest BCUT2D eigenvalue weighted by Gasteiger charge is 2.17. The Kier molecular flexibility index (Phi) is 4.85. The number of benzene rings is 2. The zero-order valence-corrected chi connectivity index (χ0v) is 15.5. The maximum Gasteiger partial charge on any atom is 0.274 e. The zero-order chi connectivity index (χ0) is 19.5. The number of hydrogen-bond acceptors (Lipinski definition) is 4. The number of pyridine rings is 1. The van der Waals surface area contributed by atoms with Crippen LogP contribution in [0.2, 0.25) is 0 Å². The van der Waals surface area contributed by atoms with Crippen LogP contribution < -0.4 is 10.9 Å². The molecule has 0 aliphatic rings. The molecule has 6 heteroatoms. The molecule has 140 valence electrons. The number of nitrogens with one attached hydrogen (secondary N) is 1. The number of fused-ring (bicyclic) bond motifs is 2. The van der Waals surface area contributed by atoms with Gasteiger partial charge in [-0.25, -0.2) is 4.68 Å². The van der Waals surface area contributed by atoms with Crippen LogP contribution in [0.1, 0.15) is 23.8 Å². The lowest BCUT2D eigenvalue weighted by molar-refractivity contribution is 0.0927. The Morgan fingerprint density at radius 3 is 2.54 bits per heavy atom. The Morgan fingerprint density at radius 2 is 1.75 bits per heavy atom. The summed E-state index contributed by atoms with van der Waals surface area (Å²) in [5.74, 6) is -0.252. The van der Waals surface area contributed by atoms with Gasteiger partial charge in [0.1, 0.15) is 5.69 Å². The minimum atomic E-state index is -0.252. The van der Waals surface area contributed by atoms with Gasteiger partial charge in [-0.1, -0.05) is 49.4 Å². The van der Waals surface area contributed by atoms with Crippen LogP contribution in [-0.2, 0) is 6.54 Å². The third-order valence-corrected chi connectivity index (χ3v) is 4.87. The van der Waals surface area contributed by atoms with Gasteiger partial charge < -0.3 is 5.32 Å². The summed E-state index contributed by atoms with van der Waals surface area (Å²) in [5, 5.41) is 10.5. The first-order valence-corrected chi connectivity index (χ1v) is 9.27. The van der Waals surface area contributed by atoms with Gasteiger partial charge in [-0.15, -0.1) is 0 Å². The standard InChI is InChI=1S/C22H20N4O2/c1-2-17(14-26-22(28)19-10-6-4-8-16(19)13-24-26)25-21(27)20-18-9-5-3-7-15(18)11-12-23-20/h3-13,17H,2,14H2,1H3,(H,25,27)/t17-/m1/s1. The Bertz CT molecular complexity index is 1210. The molecule has 6 nitrogen and oxygen atoms in total. The predicted molar refractivity (Wildman–Crippen MR) is 109 cm³/mol. The molecule has 0 saturated heterocycles. The molecule has 0 fully saturated rings. The average Bonchev–Trinajstić information content (AvgIpc) is 2.74. The van der Waals surface area contributed by atoms with Crippen LogP contribution in [0, 0.1) is 0 Å². The van der Waals surface area contributed by atoms with Crippen LogP contribution in [0.3, 0.4) is 0 Å². The van der Waals surface area contributed by atoms with Gasteiger partial charge in [0.15, 0.2) is 0 Å². The van der Waals surface area contributed by atoms with Crippen molar-refractivity contribution in [2.75, 3.05) is 0 Å². The molecular weight excluding hydrogens is 352 g/mol. The summed E-state index contributed by atoms with van der Waals surface area (Å²) >= 11 is 0. The van der Waals surface area contributed by atoms with Crippen LogP contribution in [0.4, 0.5) is 0 Å². The van der Waals surface area contributed by atoms with E-state index >= 15 is 0 Å². The highest BCUT2D eigenvalue weighted by molar-refractivity contribution is 6.05. The van der Waals surface area contributed by atoms with Crippen molar-refractivity contribution in [2.24, 2.45) is 0 Å². The molecule has 0 aliphatic heterocycles. The lowest BCUT2D eigenvalue weighted by Gasteiger charge is -2.18. The van der Waals surface area contributed by atoms with E-state index in [1.54, 1.807) is 18.5 Å². The summed E-state index contributed by atoms with van der Waals surface area (Å²) < 4.78 is 1.41. The van der Waals surface area contributed by atoms with Gasteiger partial charge in [-0.3, -0.25) is 14.6 Å². The van der Waals surface area contributed by atoms with Crippen molar-refractivity contribution in [1.82, 2.24) is 20.1 Å². The van der Waals surface area contributed by atoms with E-state index in [9.17, 15) is 9.59 Å². The van der Waals surface area contributed by atoms with Gasteiger partial charge in [-0.05, 0) is 23.9 Å². The summed E-state index contributed by atoms with van der Waals surface area (Å²) in [5.41, 5.74) is 0.226. The second-order valence-electron chi connectivity index (χ2n) is 6.68. The minimum Gasteiger partial charge on any atom is -0.346 e. The lowest BCUT2D eigenvalue weighted by Crippen LogP contribution is -2.40. The molecular formula is C22H20N4O2. The van der Waals surface area contributed by atoms with E-state index in [0.717, 1.165) is 16.2 Å². The van der Waals surface area contributed by atoms with Crippen LogP contribution in [0.15, 0.2) is 71.8 Å². The van der Waals surface area contributed by atoms with E-state index in [0.29, 0.717) is 24.0 Å². The average molecular weight is 372 g/mol. The quantitative estimate of drug-likeness (QED) is 0.584. The molecule has 2 heterocycles. The largest absolute Gasteiger partial charge is 0.346 e. The van der Waals surface area contributed by atoms with E-state index in [2.05, 4.69) is 15.4 Å². The van der Waals surface area contributed by atoms with Crippen LogP contribution in [0.25, 0.3) is 21.5 Å². The maximum atomic E-state index is 12.8. The molecule has 1 N–H and O–H groups in total. The molecule has 4 aromatic rings. The Morgan fingerprint density at radius 1 is 1.04 bits per heavy atom. The zero-order valence-electron chi connectivity index (χ0n) is 15.5. The first kappa shape index (κ1) is 17.9. The van der Waals surface area contributed by atoms with Crippen molar-refractivity contribution < 1.29 is 4.79 Å². The molecule has 0 saturated carbocycles. The molecule has 2 aromatic carbocycles. The highest BCUT2D eigenvalue weighted by Crippen LogP contribution is 2.16. The minimum absolute atomic E-state index is 0.158. The second-order valence-corrected chi connectivity index (χ2v) is 6.68. The fraction of sp³-hybridized carbons (Fsp3) is 0.182. The maximum absolute atomic E-state index is 12.8. The summed E-state index contributed by atoms with van der Waals surface area (Å²) in [4.78, 5) is 29.8. The van der Waals surface area contributed by atoms with Crippen molar-refractivity contribution in [1.29, 1.82) is 0 Å². The number of carbonyl (C=O) groups is 1. The monoisotopic (exact) mass is 372 g/mol. The Hall–Kier alpha value is -3.54. The summed E-state index contributed by atoms with van der Waals surface area (Å²) in [6.45, 7) is 2.27. The van der Waals surface area contributed by atoms with E-state index in [1.165, 1.54) is 4.68 Å². The Labute approximate surface area is 161 Å². The number of hydrogen-bond donors (Lipinski definition) is 1. The molecule has 4 rings (SSSR count). The first-order valence-electron chi connectivity index (χ1n) is 9.27. The predicted octanol–water partition coefficient (Wildman–Crippen LogP) is 3.15. The normalized spacial score (nSPS) is 12.2. The summed E-state index contributed by atoms with van der Waals surface area (Å²) in [6.07, 6.45) is 3.97. The Balaban J connectivity index is 1.59. The van der Waals surface area contributed by atoms with Gasteiger partial charge in [0, 0.05) is 23.0 Å². The molecule has 0 unspecified atom stereocenters. The van der Waals surface area contributed by atoms with Crippen LogP contribution in [0.5, 0.6) is 0 Å². The van der Waals surface area contributed by atoms with E-state index in [1.807, 2.05) is 55.5 Å². The topological polar surface area (TPSA) is 76.9 Å². The van der Waals surface area contributed by atoms with E-state index in [-0.39, 0.29) is 17.5 Å². The highest BCUT2D eigenvalue weighted by atomic mass is 16.2. The van der Waals surface area contributed by atoms with E-state index < -0.39 is 0 Å². The molecule has 2 aromatic heterocycles. The van der Waals surface area contributed by atoms with Crippen molar-refractivity contribution in [2.45, 2.75) is 25.9 Å². The lowest BCUT2D eigenvalue weighted by atomic mass is 10.1. The number of carbonyl (C=O) groups excluding carboxylic acids is 1. The third kappa shape index (κ3) is 3.36. The molecule has 0 radical (unpaired) electrons. The van der Waals surface area contributed by atoms with E-state index in [4.69, 9.17) is 0 Å². The fourth-order valence-electron chi connectivity index (χ4n) is 3.30. The van der Waals surface area contributed by atoms with Gasteiger partial charge in [0.05, 0.1) is 18.1 Å². The molecule has 0 spiro atoms. The van der Waals surface area contributed by atoms with Gasteiger partial charge in [-0.2, -0.15) is 5.10 Å². The molecule has 28 heavy (non-hydrogen) atoms. The van der Waals surface area contributed by atoms with Gasteiger partial charge in [0.2, 0.25) is 0 Å². The van der Waals surface area contributed by atoms with Crippen molar-refractivity contribution in [3.63, 3.8) is 0 Å². The third-order valence-electron chi connectivity index (χ3n) is 4.87. The van der Waals surface area contributed by atoms with Crippen LogP contribution >= 0.6 is 0 Å². The van der Waals surface area contributed by atoms with Crippen LogP contribution in [-0.4, -0.2) is 26.7 Å². The summed E-state index contributed by atoms with van der Waals surface area (Å²) in [7, 11) is 0. The molecule has 1 amide bonds. The summed E-state index contributed by atoms with van der Waals surface area (Å²) in [6, 6.07) is 16.6. The van der Waals surface area contributed by atoms with Crippen molar-refractivity contribution >= 4 is 27.5 Å². The van der Waals surface area contributed by atoms with Gasteiger partial charge >= 0.3 is 0 Å². The smallest absolute Gasteiger partial charge is 0.274 e. The molecule has 0 bridgehead atoms. The van der Waals surface area contributed by atoms with Crippen molar-refractivity contribution in [3.05, 3.63) is 83.0 Å². The number of amides is 1. The fourth-order valence-corrected chi connectivity index (χ4v) is 3.30. The molecule has 0 aliphatic carbocycles. The number of nitrogens with zero attached hydrogens (tertiary/aromatic N) is 3. The van der Waals surface area contributed by atoms with Crippen molar-refractivity contribution in [3.8, 4) is 0 Å².